The van der Waals surface area contributed by atoms with Crippen LogP contribution >= 0.6 is 0 Å². The third-order valence-corrected chi connectivity index (χ3v) is 7.97. The summed E-state index contributed by atoms with van der Waals surface area (Å²) in [5, 5.41) is 18.1. The average molecular weight is 513 g/mol. The van der Waals surface area contributed by atoms with Gasteiger partial charge in [0.15, 0.2) is 5.84 Å². The highest BCUT2D eigenvalue weighted by atomic mass is 32.2. The Morgan fingerprint density at radius 3 is 2.16 bits per heavy atom. The van der Waals surface area contributed by atoms with Crippen molar-refractivity contribution in [2.75, 3.05) is 11.6 Å². The summed E-state index contributed by atoms with van der Waals surface area (Å²) in [6.45, 7) is 1.94. The molecule has 0 spiro atoms. The number of anilines is 1. The van der Waals surface area contributed by atoms with Crippen LogP contribution in [-0.4, -0.2) is 30.0 Å². The maximum atomic E-state index is 14.0. The molecule has 0 unspecified atom stereocenters. The fourth-order valence-electron chi connectivity index (χ4n) is 4.29. The molecule has 0 aliphatic carbocycles. The normalized spacial score (nSPS) is 15.8. The van der Waals surface area contributed by atoms with E-state index in [1.807, 2.05) is 67.6 Å². The average Bonchev–Trinajstić information content (AvgIpc) is 2.93. The molecule has 1 aliphatic heterocycles. The van der Waals surface area contributed by atoms with E-state index in [-0.39, 0.29) is 23.0 Å². The summed E-state index contributed by atoms with van der Waals surface area (Å²) in [5.74, 6) is 0.111. The van der Waals surface area contributed by atoms with Crippen molar-refractivity contribution in [2.45, 2.75) is 17.9 Å². The van der Waals surface area contributed by atoms with Gasteiger partial charge in [-0.15, -0.1) is 0 Å². The minimum atomic E-state index is -4.05. The van der Waals surface area contributed by atoms with Crippen LogP contribution < -0.4 is 5.01 Å². The molecule has 0 fully saturated rings. The zero-order valence-corrected chi connectivity index (χ0v) is 20.8. The fourth-order valence-corrected chi connectivity index (χ4v) is 5.73. The van der Waals surface area contributed by atoms with Gasteiger partial charge in [-0.3, -0.25) is 15.1 Å². The van der Waals surface area contributed by atoms with Gasteiger partial charge in [-0.1, -0.05) is 78.4 Å². The number of nitrogens with zero attached hydrogens (tertiary/aromatic N) is 4. The number of hydrogen-bond donors (Lipinski definition) is 0. The lowest BCUT2D eigenvalue weighted by atomic mass is 10.0. The summed E-state index contributed by atoms with van der Waals surface area (Å²) in [5.41, 5.74) is 2.77. The van der Waals surface area contributed by atoms with Crippen molar-refractivity contribution in [3.05, 3.63) is 136 Å². The smallest absolute Gasteiger partial charge is 0.258 e. The van der Waals surface area contributed by atoms with Crippen LogP contribution in [-0.2, 0) is 10.0 Å². The molecule has 0 saturated heterocycles. The van der Waals surface area contributed by atoms with Crippen LogP contribution in [0.3, 0.4) is 0 Å². The van der Waals surface area contributed by atoms with Gasteiger partial charge in [-0.2, -0.15) is 5.10 Å². The highest BCUT2D eigenvalue weighted by molar-refractivity contribution is 7.89. The van der Waals surface area contributed by atoms with E-state index in [1.54, 1.807) is 35.3 Å². The van der Waals surface area contributed by atoms with Crippen LogP contribution in [0.2, 0.25) is 0 Å². The van der Waals surface area contributed by atoms with E-state index >= 15 is 0 Å². The third kappa shape index (κ3) is 4.81. The number of amidine groups is 1. The Kier molecular flexibility index (Phi) is 6.45. The molecular formula is C28H24N4O4S. The Bertz CT molecular complexity index is 1560. The van der Waals surface area contributed by atoms with E-state index in [1.165, 1.54) is 22.5 Å². The lowest BCUT2D eigenvalue weighted by molar-refractivity contribution is -0.384. The molecule has 0 radical (unpaired) electrons. The maximum Gasteiger partial charge on any atom is 0.270 e. The molecule has 1 aliphatic rings. The molecular weight excluding hydrogens is 488 g/mol. The lowest BCUT2D eigenvalue weighted by Gasteiger charge is -2.40. The van der Waals surface area contributed by atoms with Crippen molar-refractivity contribution in [1.29, 1.82) is 0 Å². The number of rotatable bonds is 6. The first kappa shape index (κ1) is 24.2. The summed E-state index contributed by atoms with van der Waals surface area (Å²) < 4.78 is 29.3. The van der Waals surface area contributed by atoms with E-state index in [0.717, 1.165) is 16.8 Å². The van der Waals surface area contributed by atoms with Crippen molar-refractivity contribution in [2.24, 2.45) is 5.10 Å². The Balaban J connectivity index is 1.73. The number of para-hydroxylation sites is 1. The number of hydrogen-bond acceptors (Lipinski definition) is 6. The van der Waals surface area contributed by atoms with Crippen molar-refractivity contribution in [3.8, 4) is 0 Å². The van der Waals surface area contributed by atoms with Gasteiger partial charge in [-0.25, -0.2) is 12.7 Å². The van der Waals surface area contributed by atoms with Gasteiger partial charge in [0.2, 0.25) is 0 Å². The zero-order valence-electron chi connectivity index (χ0n) is 20.0. The number of nitro benzene ring substituents is 1. The van der Waals surface area contributed by atoms with E-state index in [2.05, 4.69) is 0 Å². The first-order valence-electron chi connectivity index (χ1n) is 11.7. The van der Waals surface area contributed by atoms with Gasteiger partial charge >= 0.3 is 0 Å². The van der Waals surface area contributed by atoms with Crippen molar-refractivity contribution in [3.63, 3.8) is 0 Å². The minimum Gasteiger partial charge on any atom is -0.258 e. The molecule has 0 N–H and O–H groups in total. The summed E-state index contributed by atoms with van der Waals surface area (Å²) in [7, 11) is -4.05. The second-order valence-corrected chi connectivity index (χ2v) is 10.5. The predicted molar refractivity (Wildman–Crippen MR) is 143 cm³/mol. The highest BCUT2D eigenvalue weighted by Gasteiger charge is 2.38. The number of benzene rings is 4. The molecule has 0 saturated carbocycles. The number of sulfonamides is 1. The van der Waals surface area contributed by atoms with E-state index < -0.39 is 21.0 Å². The Labute approximate surface area is 215 Å². The molecule has 186 valence electrons. The van der Waals surface area contributed by atoms with Crippen molar-refractivity contribution >= 4 is 27.2 Å². The quantitative estimate of drug-likeness (QED) is 0.250. The van der Waals surface area contributed by atoms with E-state index in [9.17, 15) is 18.5 Å². The van der Waals surface area contributed by atoms with Gasteiger partial charge in [0.1, 0.15) is 0 Å². The lowest BCUT2D eigenvalue weighted by Crippen LogP contribution is -2.48. The van der Waals surface area contributed by atoms with E-state index in [0.29, 0.717) is 5.56 Å². The second kappa shape index (κ2) is 9.87. The Hall–Kier alpha value is -4.50. The molecule has 5 rings (SSSR count). The molecule has 37 heavy (non-hydrogen) atoms. The van der Waals surface area contributed by atoms with Crippen LogP contribution in [0.25, 0.3) is 0 Å². The molecule has 0 amide bonds. The monoisotopic (exact) mass is 512 g/mol. The van der Waals surface area contributed by atoms with Crippen LogP contribution in [0.1, 0.15) is 22.7 Å². The third-order valence-electron chi connectivity index (χ3n) is 6.20. The summed E-state index contributed by atoms with van der Waals surface area (Å²) in [4.78, 5) is 11.1. The van der Waals surface area contributed by atoms with Crippen LogP contribution in [0, 0.1) is 17.0 Å². The highest BCUT2D eigenvalue weighted by Crippen LogP contribution is 2.35. The number of nitro groups is 1. The molecule has 8 nitrogen and oxygen atoms in total. The van der Waals surface area contributed by atoms with Gasteiger partial charge in [0, 0.05) is 17.7 Å². The summed E-state index contributed by atoms with van der Waals surface area (Å²) >= 11 is 0. The van der Waals surface area contributed by atoms with E-state index in [4.69, 9.17) is 5.10 Å². The minimum absolute atomic E-state index is 0.0522. The first-order chi connectivity index (χ1) is 17.8. The maximum absolute atomic E-state index is 14.0. The molecule has 9 heteroatoms. The topological polar surface area (TPSA) is 96.1 Å². The van der Waals surface area contributed by atoms with Crippen LogP contribution in [0.5, 0.6) is 0 Å². The fraction of sp³-hybridized carbons (Fsp3) is 0.107. The number of hydrazone groups is 1. The molecule has 0 bridgehead atoms. The van der Waals surface area contributed by atoms with Gasteiger partial charge in [0.25, 0.3) is 15.7 Å². The predicted octanol–water partition coefficient (Wildman–Crippen LogP) is 5.52. The largest absolute Gasteiger partial charge is 0.270 e. The standard InChI is InChI=1S/C28H24N4O4S/c1-21-15-17-26(18-16-21)37(35,36)30-20-27(22-9-4-2-5-10-22)31(24-12-6-3-7-13-24)29-28(30)23-11-8-14-25(19-23)32(33)34/h2-19,27H,20H2,1H3/t27-/m1/s1. The SMILES string of the molecule is Cc1ccc(S(=O)(=O)N2C[C@H](c3ccccc3)N(c3ccccc3)N=C2c2cccc([N+](=O)[O-])c2)cc1. The van der Waals surface area contributed by atoms with Crippen molar-refractivity contribution in [1.82, 2.24) is 4.31 Å². The van der Waals surface area contributed by atoms with Gasteiger partial charge < -0.3 is 0 Å². The molecule has 4 aromatic carbocycles. The number of non-ortho nitro benzene ring substituents is 1. The molecule has 4 aromatic rings. The second-order valence-electron chi connectivity index (χ2n) is 8.69. The Morgan fingerprint density at radius 2 is 1.51 bits per heavy atom. The van der Waals surface area contributed by atoms with Crippen molar-refractivity contribution < 1.29 is 13.3 Å². The van der Waals surface area contributed by atoms with Crippen LogP contribution in [0.15, 0.2) is 119 Å². The molecule has 1 heterocycles. The summed E-state index contributed by atoms with van der Waals surface area (Å²) in [6.07, 6.45) is 0. The Morgan fingerprint density at radius 1 is 0.865 bits per heavy atom. The summed E-state index contributed by atoms with van der Waals surface area (Å²) in [6, 6.07) is 31.1. The number of aryl methyl sites for hydroxylation is 1. The molecule has 0 aromatic heterocycles. The molecule has 1 atom stereocenters. The van der Waals surface area contributed by atoms with Crippen LogP contribution in [0.4, 0.5) is 11.4 Å². The van der Waals surface area contributed by atoms with Gasteiger partial charge in [0.05, 0.1) is 28.1 Å². The van der Waals surface area contributed by atoms with Gasteiger partial charge in [-0.05, 0) is 36.8 Å². The zero-order chi connectivity index (χ0) is 26.0. The first-order valence-corrected chi connectivity index (χ1v) is 13.1.